The van der Waals surface area contributed by atoms with Crippen LogP contribution in [0.5, 0.6) is 0 Å². The highest BCUT2D eigenvalue weighted by atomic mass is 35.5. The Bertz CT molecular complexity index is 638. The second-order valence-electron chi connectivity index (χ2n) is 5.68. The van der Waals surface area contributed by atoms with Crippen LogP contribution in [0.1, 0.15) is 38.3 Å². The van der Waals surface area contributed by atoms with Crippen LogP contribution in [0.4, 0.5) is 17.5 Å². The smallest absolute Gasteiger partial charge is 0.225 e. The zero-order chi connectivity index (χ0) is 14.8. The molecule has 1 aliphatic rings. The van der Waals surface area contributed by atoms with Gasteiger partial charge in [-0.3, -0.25) is 0 Å². The predicted octanol–water partition coefficient (Wildman–Crippen LogP) is 4.57. The Labute approximate surface area is 130 Å². The van der Waals surface area contributed by atoms with Crippen LogP contribution in [-0.4, -0.2) is 16.0 Å². The number of para-hydroxylation sites is 1. The zero-order valence-electron chi connectivity index (χ0n) is 12.2. The van der Waals surface area contributed by atoms with Crippen molar-refractivity contribution in [1.29, 1.82) is 0 Å². The van der Waals surface area contributed by atoms with Gasteiger partial charge in [-0.15, -0.1) is 0 Å². The van der Waals surface area contributed by atoms with Crippen molar-refractivity contribution in [1.82, 2.24) is 9.97 Å². The van der Waals surface area contributed by atoms with E-state index in [1.54, 1.807) is 0 Å². The topological polar surface area (TPSA) is 49.8 Å². The van der Waals surface area contributed by atoms with Crippen molar-refractivity contribution in [2.75, 3.05) is 10.6 Å². The van der Waals surface area contributed by atoms with Gasteiger partial charge in [0, 0.05) is 18.0 Å². The highest BCUT2D eigenvalue weighted by Crippen LogP contribution is 2.40. The average Bonchev–Trinajstić information content (AvgIpc) is 3.25. The molecule has 110 valence electrons. The summed E-state index contributed by atoms with van der Waals surface area (Å²) in [7, 11) is 0. The van der Waals surface area contributed by atoms with E-state index in [1.807, 2.05) is 30.3 Å². The third kappa shape index (κ3) is 3.64. The van der Waals surface area contributed by atoms with Crippen LogP contribution in [0.2, 0.25) is 5.02 Å². The van der Waals surface area contributed by atoms with Crippen molar-refractivity contribution in [3.63, 3.8) is 0 Å². The number of halogens is 1. The van der Waals surface area contributed by atoms with E-state index in [-0.39, 0.29) is 0 Å². The van der Waals surface area contributed by atoms with Gasteiger partial charge in [0.25, 0.3) is 0 Å². The van der Waals surface area contributed by atoms with Crippen LogP contribution in [0, 0.1) is 0 Å². The summed E-state index contributed by atoms with van der Waals surface area (Å²) in [6, 6.07) is 9.98. The Morgan fingerprint density at radius 3 is 2.62 bits per heavy atom. The van der Waals surface area contributed by atoms with E-state index in [0.717, 1.165) is 17.2 Å². The van der Waals surface area contributed by atoms with E-state index in [0.29, 0.717) is 22.9 Å². The van der Waals surface area contributed by atoms with Crippen LogP contribution >= 0.6 is 11.6 Å². The molecule has 5 heteroatoms. The summed E-state index contributed by atoms with van der Waals surface area (Å²) >= 11 is 6.19. The van der Waals surface area contributed by atoms with Crippen LogP contribution < -0.4 is 10.6 Å². The molecule has 0 spiro atoms. The van der Waals surface area contributed by atoms with Crippen molar-refractivity contribution >= 4 is 29.1 Å². The molecule has 2 aromatic rings. The highest BCUT2D eigenvalue weighted by molar-refractivity contribution is 6.33. The van der Waals surface area contributed by atoms with Gasteiger partial charge >= 0.3 is 0 Å². The molecule has 0 radical (unpaired) electrons. The maximum Gasteiger partial charge on any atom is 0.225 e. The van der Waals surface area contributed by atoms with Gasteiger partial charge in [0.05, 0.1) is 16.4 Å². The van der Waals surface area contributed by atoms with Gasteiger partial charge < -0.3 is 10.6 Å². The molecule has 1 aromatic carbocycles. The number of nitrogens with zero attached hydrogens (tertiary/aromatic N) is 2. The lowest BCUT2D eigenvalue weighted by Gasteiger charge is -2.13. The van der Waals surface area contributed by atoms with Crippen molar-refractivity contribution in [2.45, 2.75) is 38.6 Å². The monoisotopic (exact) mass is 302 g/mol. The molecule has 0 aliphatic heterocycles. The zero-order valence-corrected chi connectivity index (χ0v) is 13.0. The van der Waals surface area contributed by atoms with Crippen LogP contribution in [0.3, 0.4) is 0 Å². The molecule has 0 bridgehead atoms. The van der Waals surface area contributed by atoms with Gasteiger partial charge in [-0.2, -0.15) is 4.98 Å². The molecule has 0 amide bonds. The fraction of sp³-hybridized carbons (Fsp3) is 0.375. The Kier molecular flexibility index (Phi) is 3.97. The van der Waals surface area contributed by atoms with Gasteiger partial charge in [0.1, 0.15) is 5.82 Å². The lowest BCUT2D eigenvalue weighted by molar-refractivity contribution is 0.864. The number of anilines is 3. The van der Waals surface area contributed by atoms with Crippen molar-refractivity contribution < 1.29 is 0 Å². The standard InChI is InChI=1S/C16H19ClN4/c1-10(2)18-16-20-14(11-7-8-11)9-15(21-16)19-13-6-4-3-5-12(13)17/h3-6,9-11H,7-8H2,1-2H3,(H2,18,19,20,21). The summed E-state index contributed by atoms with van der Waals surface area (Å²) in [6.45, 7) is 4.16. The van der Waals surface area contributed by atoms with E-state index in [9.17, 15) is 0 Å². The maximum atomic E-state index is 6.19. The molecule has 1 saturated carbocycles. The third-order valence-electron chi connectivity index (χ3n) is 3.30. The Hall–Kier alpha value is -1.81. The largest absolute Gasteiger partial charge is 0.352 e. The first kappa shape index (κ1) is 14.1. The summed E-state index contributed by atoms with van der Waals surface area (Å²) in [4.78, 5) is 9.13. The van der Waals surface area contributed by atoms with Gasteiger partial charge in [0.2, 0.25) is 5.95 Å². The molecule has 1 fully saturated rings. The van der Waals surface area contributed by atoms with Crippen molar-refractivity contribution in [2.24, 2.45) is 0 Å². The molecule has 1 aromatic heterocycles. The third-order valence-corrected chi connectivity index (χ3v) is 3.63. The van der Waals surface area contributed by atoms with E-state index >= 15 is 0 Å². The summed E-state index contributed by atoms with van der Waals surface area (Å²) in [5.74, 6) is 2.03. The molecule has 1 heterocycles. The number of benzene rings is 1. The summed E-state index contributed by atoms with van der Waals surface area (Å²) < 4.78 is 0. The second-order valence-corrected chi connectivity index (χ2v) is 6.09. The Morgan fingerprint density at radius 2 is 1.95 bits per heavy atom. The van der Waals surface area contributed by atoms with E-state index in [1.165, 1.54) is 12.8 Å². The molecule has 2 N–H and O–H groups in total. The van der Waals surface area contributed by atoms with Gasteiger partial charge in [-0.1, -0.05) is 23.7 Å². The molecule has 0 unspecified atom stereocenters. The maximum absolute atomic E-state index is 6.19. The normalized spacial score (nSPS) is 14.3. The average molecular weight is 303 g/mol. The van der Waals surface area contributed by atoms with Gasteiger partial charge in [-0.05, 0) is 38.8 Å². The molecule has 21 heavy (non-hydrogen) atoms. The Morgan fingerprint density at radius 1 is 1.19 bits per heavy atom. The minimum Gasteiger partial charge on any atom is -0.352 e. The predicted molar refractivity (Wildman–Crippen MR) is 87.5 cm³/mol. The lowest BCUT2D eigenvalue weighted by Crippen LogP contribution is -2.14. The first-order valence-corrected chi connectivity index (χ1v) is 7.66. The summed E-state index contributed by atoms with van der Waals surface area (Å²) in [5, 5.41) is 7.24. The lowest BCUT2D eigenvalue weighted by atomic mass is 10.2. The SMILES string of the molecule is CC(C)Nc1nc(Nc2ccccc2Cl)cc(C2CC2)n1. The summed E-state index contributed by atoms with van der Waals surface area (Å²) in [5.41, 5.74) is 1.96. The fourth-order valence-corrected chi connectivity index (χ4v) is 2.32. The fourth-order valence-electron chi connectivity index (χ4n) is 2.14. The quantitative estimate of drug-likeness (QED) is 0.849. The van der Waals surface area contributed by atoms with Crippen molar-refractivity contribution in [3.8, 4) is 0 Å². The Balaban J connectivity index is 1.89. The second kappa shape index (κ2) is 5.90. The number of hydrogen-bond acceptors (Lipinski definition) is 4. The van der Waals surface area contributed by atoms with Crippen LogP contribution in [0.15, 0.2) is 30.3 Å². The molecule has 0 saturated heterocycles. The van der Waals surface area contributed by atoms with Crippen LogP contribution in [0.25, 0.3) is 0 Å². The summed E-state index contributed by atoms with van der Waals surface area (Å²) in [6.07, 6.45) is 2.42. The molecular weight excluding hydrogens is 284 g/mol. The molecule has 1 aliphatic carbocycles. The number of hydrogen-bond donors (Lipinski definition) is 2. The van der Waals surface area contributed by atoms with E-state index < -0.39 is 0 Å². The minimum atomic E-state index is 0.299. The minimum absolute atomic E-state index is 0.299. The number of nitrogens with one attached hydrogen (secondary N) is 2. The molecular formula is C16H19ClN4. The van der Waals surface area contributed by atoms with Gasteiger partial charge in [-0.25, -0.2) is 4.98 Å². The van der Waals surface area contributed by atoms with Gasteiger partial charge in [0.15, 0.2) is 0 Å². The van der Waals surface area contributed by atoms with E-state index in [4.69, 9.17) is 11.6 Å². The highest BCUT2D eigenvalue weighted by Gasteiger charge is 2.26. The first-order chi connectivity index (χ1) is 10.1. The van der Waals surface area contributed by atoms with Crippen molar-refractivity contribution in [3.05, 3.63) is 41.0 Å². The van der Waals surface area contributed by atoms with E-state index in [2.05, 4.69) is 34.4 Å². The number of aromatic nitrogens is 2. The molecule has 4 nitrogen and oxygen atoms in total. The van der Waals surface area contributed by atoms with Crippen LogP contribution in [-0.2, 0) is 0 Å². The number of rotatable bonds is 5. The molecule has 0 atom stereocenters. The first-order valence-electron chi connectivity index (χ1n) is 7.29. The molecule has 3 rings (SSSR count).